The van der Waals surface area contributed by atoms with Crippen LogP contribution in [0, 0.1) is 0 Å². The summed E-state index contributed by atoms with van der Waals surface area (Å²) in [4.78, 5) is 0.168. The molecule has 0 unspecified atom stereocenters. The van der Waals surface area contributed by atoms with Crippen molar-refractivity contribution in [2.24, 2.45) is 5.73 Å². The molecule has 1 aromatic rings. The van der Waals surface area contributed by atoms with E-state index in [1.165, 1.54) is 6.07 Å². The molecule has 0 aliphatic carbocycles. The lowest BCUT2D eigenvalue weighted by Gasteiger charge is -2.12. The summed E-state index contributed by atoms with van der Waals surface area (Å²) in [7, 11) is -3.71. The van der Waals surface area contributed by atoms with Crippen LogP contribution in [-0.2, 0) is 27.7 Å². The predicted octanol–water partition coefficient (Wildman–Crippen LogP) is 1.27. The van der Waals surface area contributed by atoms with Gasteiger partial charge in [0.15, 0.2) is 0 Å². The zero-order chi connectivity index (χ0) is 15.9. The van der Waals surface area contributed by atoms with E-state index >= 15 is 0 Å². The summed E-state index contributed by atoms with van der Waals surface area (Å²) in [5.41, 5.74) is 6.90. The highest BCUT2D eigenvalue weighted by atomic mass is 32.2. The van der Waals surface area contributed by atoms with Crippen LogP contribution in [-0.4, -0.2) is 34.6 Å². The highest BCUT2D eigenvalue weighted by molar-refractivity contribution is 7.89. The number of rotatable bonds is 9. The number of sulfonamides is 1. The Morgan fingerprint density at radius 2 is 2.10 bits per heavy atom. The summed E-state index contributed by atoms with van der Waals surface area (Å²) in [5.74, 6) is 0. The van der Waals surface area contributed by atoms with Crippen molar-refractivity contribution in [1.82, 2.24) is 4.72 Å². The standard InChI is InChI=1S/C13H20F2N2O3S/c1-2-11-4-3-10(8-16)7-12(11)21(18,19)17-5-6-20-9-13(14)15/h3-4,7,13,17H,2,5-6,8-9,16H2,1H3. The van der Waals surface area contributed by atoms with Crippen LogP contribution >= 0.6 is 0 Å². The van der Waals surface area contributed by atoms with Gasteiger partial charge in [-0.2, -0.15) is 0 Å². The summed E-state index contributed by atoms with van der Waals surface area (Å²) >= 11 is 0. The number of ether oxygens (including phenoxy) is 1. The van der Waals surface area contributed by atoms with Crippen LogP contribution < -0.4 is 10.5 Å². The maximum atomic E-state index is 12.2. The van der Waals surface area contributed by atoms with Crippen LogP contribution in [0.3, 0.4) is 0 Å². The van der Waals surface area contributed by atoms with Gasteiger partial charge in [-0.1, -0.05) is 19.1 Å². The summed E-state index contributed by atoms with van der Waals surface area (Å²) in [5, 5.41) is 0. The lowest BCUT2D eigenvalue weighted by molar-refractivity contribution is 0.0199. The Morgan fingerprint density at radius 1 is 1.38 bits per heavy atom. The Balaban J connectivity index is 2.73. The Bertz CT molecular complexity index is 550. The van der Waals surface area contributed by atoms with Crippen molar-refractivity contribution < 1.29 is 21.9 Å². The van der Waals surface area contributed by atoms with E-state index in [4.69, 9.17) is 5.73 Å². The molecule has 0 aliphatic rings. The van der Waals surface area contributed by atoms with E-state index in [0.29, 0.717) is 17.5 Å². The first kappa shape index (κ1) is 18.0. The topological polar surface area (TPSA) is 81.4 Å². The molecule has 0 heterocycles. The molecule has 0 radical (unpaired) electrons. The number of alkyl halides is 2. The van der Waals surface area contributed by atoms with Gasteiger partial charge < -0.3 is 10.5 Å². The van der Waals surface area contributed by atoms with Crippen molar-refractivity contribution in [2.75, 3.05) is 19.8 Å². The van der Waals surface area contributed by atoms with Gasteiger partial charge in [0.2, 0.25) is 10.0 Å². The van der Waals surface area contributed by atoms with E-state index in [2.05, 4.69) is 9.46 Å². The molecule has 0 fully saturated rings. The van der Waals surface area contributed by atoms with Gasteiger partial charge in [-0.15, -0.1) is 0 Å². The molecule has 0 spiro atoms. The van der Waals surface area contributed by atoms with Crippen LogP contribution in [0.1, 0.15) is 18.1 Å². The normalized spacial score (nSPS) is 12.0. The monoisotopic (exact) mass is 322 g/mol. The maximum Gasteiger partial charge on any atom is 0.261 e. The fraction of sp³-hybridized carbons (Fsp3) is 0.538. The van der Waals surface area contributed by atoms with Crippen molar-refractivity contribution in [1.29, 1.82) is 0 Å². The minimum atomic E-state index is -3.71. The van der Waals surface area contributed by atoms with Crippen molar-refractivity contribution >= 4 is 10.0 Å². The van der Waals surface area contributed by atoms with E-state index in [1.54, 1.807) is 12.1 Å². The molecule has 0 amide bonds. The van der Waals surface area contributed by atoms with Gasteiger partial charge in [-0.3, -0.25) is 0 Å². The smallest absolute Gasteiger partial charge is 0.261 e. The first-order valence-corrected chi connectivity index (χ1v) is 8.06. The number of aryl methyl sites for hydroxylation is 1. The molecule has 0 atom stereocenters. The average molecular weight is 322 g/mol. The molecule has 0 aliphatic heterocycles. The number of halogens is 2. The summed E-state index contributed by atoms with van der Waals surface area (Å²) in [6, 6.07) is 5.04. The van der Waals surface area contributed by atoms with Crippen molar-refractivity contribution in [2.45, 2.75) is 31.2 Å². The molecule has 120 valence electrons. The van der Waals surface area contributed by atoms with E-state index in [-0.39, 0.29) is 24.6 Å². The largest absolute Gasteiger partial charge is 0.374 e. The first-order chi connectivity index (χ1) is 9.90. The molecule has 8 heteroatoms. The second-order valence-electron chi connectivity index (χ2n) is 4.36. The maximum absolute atomic E-state index is 12.2. The first-order valence-electron chi connectivity index (χ1n) is 6.58. The predicted molar refractivity (Wildman–Crippen MR) is 75.7 cm³/mol. The van der Waals surface area contributed by atoms with Gasteiger partial charge >= 0.3 is 0 Å². The number of nitrogens with one attached hydrogen (secondary N) is 1. The lowest BCUT2D eigenvalue weighted by atomic mass is 10.1. The van der Waals surface area contributed by atoms with E-state index in [0.717, 1.165) is 0 Å². The fourth-order valence-corrected chi connectivity index (χ4v) is 3.14. The highest BCUT2D eigenvalue weighted by Gasteiger charge is 2.18. The number of nitrogens with two attached hydrogens (primary N) is 1. The van der Waals surface area contributed by atoms with Crippen LogP contribution in [0.25, 0.3) is 0 Å². The van der Waals surface area contributed by atoms with Gasteiger partial charge in [0.25, 0.3) is 6.43 Å². The zero-order valence-electron chi connectivity index (χ0n) is 11.8. The quantitative estimate of drug-likeness (QED) is 0.671. The van der Waals surface area contributed by atoms with Crippen LogP contribution in [0.15, 0.2) is 23.1 Å². The Kier molecular flexibility index (Phi) is 7.16. The van der Waals surface area contributed by atoms with Crippen LogP contribution in [0.2, 0.25) is 0 Å². The molecule has 0 aromatic heterocycles. The van der Waals surface area contributed by atoms with E-state index < -0.39 is 23.1 Å². The zero-order valence-corrected chi connectivity index (χ0v) is 12.6. The third-order valence-corrected chi connectivity index (χ3v) is 4.36. The number of hydrogen-bond acceptors (Lipinski definition) is 4. The molecular formula is C13H20F2N2O3S. The number of benzene rings is 1. The fourth-order valence-electron chi connectivity index (χ4n) is 1.77. The summed E-state index contributed by atoms with van der Waals surface area (Å²) < 4.78 is 55.1. The van der Waals surface area contributed by atoms with E-state index in [9.17, 15) is 17.2 Å². The molecule has 0 saturated carbocycles. The van der Waals surface area contributed by atoms with Gasteiger partial charge in [-0.25, -0.2) is 21.9 Å². The lowest BCUT2D eigenvalue weighted by Crippen LogP contribution is -2.29. The van der Waals surface area contributed by atoms with Gasteiger partial charge in [0.1, 0.15) is 6.61 Å². The minimum Gasteiger partial charge on any atom is -0.374 e. The molecule has 3 N–H and O–H groups in total. The summed E-state index contributed by atoms with van der Waals surface area (Å²) in [6.45, 7) is 1.21. The van der Waals surface area contributed by atoms with Crippen molar-refractivity contribution in [3.8, 4) is 0 Å². The second-order valence-corrected chi connectivity index (χ2v) is 6.10. The number of hydrogen-bond donors (Lipinski definition) is 2. The SMILES string of the molecule is CCc1ccc(CN)cc1S(=O)(=O)NCCOCC(F)F. The van der Waals surface area contributed by atoms with Crippen LogP contribution in [0.4, 0.5) is 8.78 Å². The Labute approximate surface area is 123 Å². The third-order valence-electron chi connectivity index (χ3n) is 2.82. The minimum absolute atomic E-state index is 0.0644. The Hall–Kier alpha value is -1.09. The highest BCUT2D eigenvalue weighted by Crippen LogP contribution is 2.18. The molecular weight excluding hydrogens is 302 g/mol. The molecule has 21 heavy (non-hydrogen) atoms. The van der Waals surface area contributed by atoms with E-state index in [1.807, 2.05) is 6.92 Å². The Morgan fingerprint density at radius 3 is 2.67 bits per heavy atom. The van der Waals surface area contributed by atoms with Gasteiger partial charge in [-0.05, 0) is 23.6 Å². The van der Waals surface area contributed by atoms with Crippen LogP contribution in [0.5, 0.6) is 0 Å². The molecule has 0 saturated heterocycles. The van der Waals surface area contributed by atoms with Gasteiger partial charge in [0, 0.05) is 13.1 Å². The van der Waals surface area contributed by atoms with Crippen molar-refractivity contribution in [3.05, 3.63) is 29.3 Å². The third kappa shape index (κ3) is 5.66. The average Bonchev–Trinajstić information content (AvgIpc) is 2.45. The molecule has 0 bridgehead atoms. The summed E-state index contributed by atoms with van der Waals surface area (Å²) in [6.07, 6.45) is -2.00. The van der Waals surface area contributed by atoms with Crippen molar-refractivity contribution in [3.63, 3.8) is 0 Å². The molecule has 1 rings (SSSR count). The molecule has 1 aromatic carbocycles. The van der Waals surface area contributed by atoms with Gasteiger partial charge in [0.05, 0.1) is 11.5 Å². The second kappa shape index (κ2) is 8.38. The molecule has 5 nitrogen and oxygen atoms in total.